The first-order valence-corrected chi connectivity index (χ1v) is 7.24. The van der Waals surface area contributed by atoms with E-state index in [0.29, 0.717) is 5.92 Å². The van der Waals surface area contributed by atoms with E-state index in [-0.39, 0.29) is 0 Å². The van der Waals surface area contributed by atoms with E-state index in [1.165, 1.54) is 5.56 Å². The molecule has 4 heteroatoms. The highest BCUT2D eigenvalue weighted by Gasteiger charge is 2.05. The molecule has 0 radical (unpaired) electrons. The molecule has 0 bridgehead atoms. The Morgan fingerprint density at radius 1 is 1.21 bits per heavy atom. The SMILES string of the molecule is Cc1nc(Br)cc(NCCC(C)c2ccccc2)n1. The maximum Gasteiger partial charge on any atom is 0.130 e. The van der Waals surface area contributed by atoms with Gasteiger partial charge in [0.25, 0.3) is 0 Å². The largest absolute Gasteiger partial charge is 0.370 e. The van der Waals surface area contributed by atoms with Crippen molar-refractivity contribution < 1.29 is 0 Å². The van der Waals surface area contributed by atoms with Gasteiger partial charge in [0.1, 0.15) is 16.2 Å². The van der Waals surface area contributed by atoms with Crippen molar-refractivity contribution in [2.24, 2.45) is 0 Å². The van der Waals surface area contributed by atoms with E-state index in [9.17, 15) is 0 Å². The van der Waals surface area contributed by atoms with Gasteiger partial charge in [0.2, 0.25) is 0 Å². The Balaban J connectivity index is 1.86. The van der Waals surface area contributed by atoms with Crippen molar-refractivity contribution in [3.63, 3.8) is 0 Å². The number of benzene rings is 1. The van der Waals surface area contributed by atoms with Crippen LogP contribution in [0, 0.1) is 6.92 Å². The normalized spacial score (nSPS) is 12.2. The van der Waals surface area contributed by atoms with Gasteiger partial charge in [0.15, 0.2) is 0 Å². The molecule has 2 aromatic rings. The zero-order chi connectivity index (χ0) is 13.7. The molecule has 19 heavy (non-hydrogen) atoms. The average molecular weight is 320 g/mol. The van der Waals surface area contributed by atoms with E-state index >= 15 is 0 Å². The first-order chi connectivity index (χ1) is 9.15. The van der Waals surface area contributed by atoms with Crippen LogP contribution >= 0.6 is 15.9 Å². The van der Waals surface area contributed by atoms with E-state index in [4.69, 9.17) is 0 Å². The molecular weight excluding hydrogens is 302 g/mol. The van der Waals surface area contributed by atoms with Crippen LogP contribution in [0.3, 0.4) is 0 Å². The Morgan fingerprint density at radius 2 is 1.95 bits per heavy atom. The van der Waals surface area contributed by atoms with Gasteiger partial charge in [-0.1, -0.05) is 37.3 Å². The highest BCUT2D eigenvalue weighted by Crippen LogP contribution is 2.19. The molecule has 1 unspecified atom stereocenters. The van der Waals surface area contributed by atoms with Gasteiger partial charge < -0.3 is 5.32 Å². The van der Waals surface area contributed by atoms with Crippen molar-refractivity contribution in [3.05, 3.63) is 52.4 Å². The fourth-order valence-corrected chi connectivity index (χ4v) is 2.46. The van der Waals surface area contributed by atoms with Crippen molar-refractivity contribution in [1.29, 1.82) is 0 Å². The highest BCUT2D eigenvalue weighted by molar-refractivity contribution is 9.10. The van der Waals surface area contributed by atoms with Gasteiger partial charge >= 0.3 is 0 Å². The Kier molecular flexibility index (Phi) is 4.91. The summed E-state index contributed by atoms with van der Waals surface area (Å²) in [6.07, 6.45) is 1.07. The van der Waals surface area contributed by atoms with E-state index in [2.05, 4.69) is 68.5 Å². The molecule has 1 N–H and O–H groups in total. The van der Waals surface area contributed by atoms with Gasteiger partial charge in [-0.05, 0) is 40.8 Å². The molecule has 1 aromatic carbocycles. The number of aromatic nitrogens is 2. The van der Waals surface area contributed by atoms with Crippen molar-refractivity contribution in [1.82, 2.24) is 9.97 Å². The molecule has 100 valence electrons. The fourth-order valence-electron chi connectivity index (χ4n) is 1.99. The Hall–Kier alpha value is -1.42. The molecule has 3 nitrogen and oxygen atoms in total. The van der Waals surface area contributed by atoms with Crippen LogP contribution in [0.2, 0.25) is 0 Å². The quantitative estimate of drug-likeness (QED) is 0.841. The molecule has 0 spiro atoms. The summed E-state index contributed by atoms with van der Waals surface area (Å²) in [4.78, 5) is 8.54. The van der Waals surface area contributed by atoms with E-state index in [0.717, 1.165) is 29.2 Å². The molecule has 0 saturated heterocycles. The molecular formula is C15H18BrN3. The average Bonchev–Trinajstić information content (AvgIpc) is 2.38. The lowest BCUT2D eigenvalue weighted by Gasteiger charge is -2.13. The molecule has 0 aliphatic carbocycles. The molecule has 0 amide bonds. The molecule has 2 rings (SSSR count). The van der Waals surface area contributed by atoms with Crippen LogP contribution in [-0.2, 0) is 0 Å². The van der Waals surface area contributed by atoms with Crippen LogP contribution < -0.4 is 5.32 Å². The van der Waals surface area contributed by atoms with Crippen LogP contribution in [0.25, 0.3) is 0 Å². The number of hydrogen-bond acceptors (Lipinski definition) is 3. The smallest absolute Gasteiger partial charge is 0.130 e. The third-order valence-corrected chi connectivity index (χ3v) is 3.47. The number of nitrogens with one attached hydrogen (secondary N) is 1. The topological polar surface area (TPSA) is 37.8 Å². The molecule has 0 aliphatic heterocycles. The molecule has 1 atom stereocenters. The summed E-state index contributed by atoms with van der Waals surface area (Å²) in [6, 6.07) is 12.5. The third-order valence-electron chi connectivity index (χ3n) is 3.06. The van der Waals surface area contributed by atoms with Crippen molar-refractivity contribution >= 4 is 21.7 Å². The summed E-state index contributed by atoms with van der Waals surface area (Å²) < 4.78 is 0.818. The van der Waals surface area contributed by atoms with E-state index in [1.54, 1.807) is 0 Å². The maximum atomic E-state index is 4.35. The number of nitrogens with zero attached hydrogens (tertiary/aromatic N) is 2. The van der Waals surface area contributed by atoms with Crippen LogP contribution in [-0.4, -0.2) is 16.5 Å². The van der Waals surface area contributed by atoms with Gasteiger partial charge in [-0.25, -0.2) is 9.97 Å². The monoisotopic (exact) mass is 319 g/mol. The van der Waals surface area contributed by atoms with Gasteiger partial charge in [-0.3, -0.25) is 0 Å². The van der Waals surface area contributed by atoms with Crippen LogP contribution in [0.1, 0.15) is 30.7 Å². The lowest BCUT2D eigenvalue weighted by Crippen LogP contribution is -2.08. The maximum absolute atomic E-state index is 4.35. The lowest BCUT2D eigenvalue weighted by molar-refractivity contribution is 0.704. The van der Waals surface area contributed by atoms with Crippen molar-refractivity contribution in [2.45, 2.75) is 26.2 Å². The molecule has 0 fully saturated rings. The van der Waals surface area contributed by atoms with E-state index in [1.807, 2.05) is 13.0 Å². The molecule has 0 saturated carbocycles. The Morgan fingerprint density at radius 3 is 2.63 bits per heavy atom. The fraction of sp³-hybridized carbons (Fsp3) is 0.333. The molecule has 1 heterocycles. The minimum Gasteiger partial charge on any atom is -0.370 e. The van der Waals surface area contributed by atoms with Crippen LogP contribution in [0.4, 0.5) is 5.82 Å². The standard InChI is InChI=1S/C15H18BrN3/c1-11(13-6-4-3-5-7-13)8-9-17-15-10-14(16)18-12(2)19-15/h3-7,10-11H,8-9H2,1-2H3,(H,17,18,19). The number of halogens is 1. The number of hydrogen-bond donors (Lipinski definition) is 1. The van der Waals surface area contributed by atoms with Gasteiger partial charge in [0.05, 0.1) is 0 Å². The second kappa shape index (κ2) is 6.66. The Labute approximate surface area is 122 Å². The van der Waals surface area contributed by atoms with Crippen LogP contribution in [0.15, 0.2) is 41.0 Å². The molecule has 1 aromatic heterocycles. The second-order valence-electron chi connectivity index (χ2n) is 4.65. The summed E-state index contributed by atoms with van der Waals surface area (Å²) in [5, 5.41) is 3.35. The first-order valence-electron chi connectivity index (χ1n) is 6.45. The zero-order valence-corrected chi connectivity index (χ0v) is 12.8. The van der Waals surface area contributed by atoms with Crippen molar-refractivity contribution in [2.75, 3.05) is 11.9 Å². The third kappa shape index (κ3) is 4.31. The van der Waals surface area contributed by atoms with Crippen LogP contribution in [0.5, 0.6) is 0 Å². The number of rotatable bonds is 5. The summed E-state index contributed by atoms with van der Waals surface area (Å²) in [5.74, 6) is 2.19. The van der Waals surface area contributed by atoms with E-state index < -0.39 is 0 Å². The van der Waals surface area contributed by atoms with Gasteiger partial charge in [-0.2, -0.15) is 0 Å². The zero-order valence-electron chi connectivity index (χ0n) is 11.2. The predicted molar refractivity (Wildman–Crippen MR) is 82.4 cm³/mol. The second-order valence-corrected chi connectivity index (χ2v) is 5.46. The Bertz CT molecular complexity index is 508. The lowest BCUT2D eigenvalue weighted by atomic mass is 9.98. The highest BCUT2D eigenvalue weighted by atomic mass is 79.9. The van der Waals surface area contributed by atoms with Crippen molar-refractivity contribution in [3.8, 4) is 0 Å². The first kappa shape index (κ1) is 14.0. The van der Waals surface area contributed by atoms with Gasteiger partial charge in [0, 0.05) is 12.6 Å². The summed E-state index contributed by atoms with van der Waals surface area (Å²) in [6.45, 7) is 5.04. The minimum atomic E-state index is 0.542. The van der Waals surface area contributed by atoms with Gasteiger partial charge in [-0.15, -0.1) is 0 Å². The number of aryl methyl sites for hydroxylation is 1. The number of anilines is 1. The molecule has 0 aliphatic rings. The summed E-state index contributed by atoms with van der Waals surface area (Å²) >= 11 is 3.38. The summed E-state index contributed by atoms with van der Waals surface area (Å²) in [7, 11) is 0. The predicted octanol–water partition coefficient (Wildman–Crippen LogP) is 4.15. The minimum absolute atomic E-state index is 0.542. The summed E-state index contributed by atoms with van der Waals surface area (Å²) in [5.41, 5.74) is 1.38.